The van der Waals surface area contributed by atoms with Crippen molar-refractivity contribution in [2.45, 2.75) is 64.9 Å². The Bertz CT molecular complexity index is 889. The first-order valence-corrected chi connectivity index (χ1v) is 11.2. The van der Waals surface area contributed by atoms with Crippen molar-refractivity contribution in [1.29, 1.82) is 0 Å². The summed E-state index contributed by atoms with van der Waals surface area (Å²) in [4.78, 5) is 4.46. The standard InChI is InChI=1S/C25H32N2O2/c1-24-10-8-19(28)15-17(24)6-7-20-21(24)9-11-25(2)22(20)14-16(23(25)27-29)13-18-5-3-4-12-26-18/h3-6,12-13,19-22,28-29H,7-11,14-15H2,1-2H3/b16-13+,27-23+/t19-,20+,21-,22-,24-,25-/m0/s1. The highest BCUT2D eigenvalue weighted by Gasteiger charge is 2.59. The molecule has 4 aliphatic carbocycles. The Morgan fingerprint density at radius 2 is 1.93 bits per heavy atom. The zero-order valence-electron chi connectivity index (χ0n) is 17.5. The topological polar surface area (TPSA) is 65.7 Å². The molecule has 4 heteroatoms. The highest BCUT2D eigenvalue weighted by atomic mass is 16.4. The molecule has 6 atom stereocenters. The van der Waals surface area contributed by atoms with Crippen LogP contribution in [-0.2, 0) is 0 Å². The van der Waals surface area contributed by atoms with Crippen LogP contribution in [0.15, 0.2) is 46.8 Å². The predicted octanol–water partition coefficient (Wildman–Crippen LogP) is 5.23. The van der Waals surface area contributed by atoms with E-state index in [1.807, 2.05) is 24.4 Å². The number of aliphatic hydroxyl groups excluding tert-OH is 1. The maximum Gasteiger partial charge on any atom is 0.0890 e. The van der Waals surface area contributed by atoms with E-state index in [0.717, 1.165) is 55.5 Å². The highest BCUT2D eigenvalue weighted by molar-refractivity contribution is 6.09. The third-order valence-electron chi connectivity index (χ3n) is 8.86. The van der Waals surface area contributed by atoms with Gasteiger partial charge in [-0.15, -0.1) is 0 Å². The summed E-state index contributed by atoms with van der Waals surface area (Å²) in [5.74, 6) is 1.79. The third-order valence-corrected chi connectivity index (χ3v) is 8.86. The largest absolute Gasteiger partial charge is 0.411 e. The van der Waals surface area contributed by atoms with E-state index >= 15 is 0 Å². The monoisotopic (exact) mass is 392 g/mol. The molecule has 0 spiro atoms. The molecule has 2 N–H and O–H groups in total. The van der Waals surface area contributed by atoms with Gasteiger partial charge in [0, 0.05) is 11.6 Å². The number of rotatable bonds is 1. The van der Waals surface area contributed by atoms with E-state index in [0.29, 0.717) is 17.8 Å². The number of aliphatic hydroxyl groups is 1. The Labute approximate surface area is 173 Å². The molecule has 1 heterocycles. The van der Waals surface area contributed by atoms with Gasteiger partial charge < -0.3 is 10.3 Å². The molecule has 3 saturated carbocycles. The van der Waals surface area contributed by atoms with Crippen molar-refractivity contribution in [2.75, 3.05) is 0 Å². The second-order valence-electron chi connectivity index (χ2n) is 10.2. The van der Waals surface area contributed by atoms with Crippen molar-refractivity contribution >= 4 is 11.8 Å². The van der Waals surface area contributed by atoms with Crippen LogP contribution < -0.4 is 0 Å². The van der Waals surface area contributed by atoms with Crippen LogP contribution in [0.4, 0.5) is 0 Å². The maximum atomic E-state index is 10.2. The number of fused-ring (bicyclic) bond motifs is 5. The average Bonchev–Trinajstić information content (AvgIpc) is 3.00. The van der Waals surface area contributed by atoms with Gasteiger partial charge in [-0.1, -0.05) is 36.7 Å². The molecule has 0 aliphatic heterocycles. The predicted molar refractivity (Wildman–Crippen MR) is 115 cm³/mol. The molecule has 29 heavy (non-hydrogen) atoms. The number of hydrogen-bond acceptors (Lipinski definition) is 4. The van der Waals surface area contributed by atoms with E-state index in [1.165, 1.54) is 12.0 Å². The SMILES string of the molecule is C[C@]12CC[C@H](O)CC1=CC[C@@H]1[C@@H]2CC[C@]2(C)C(=N/O)/C(=C/c3ccccn3)C[C@@H]12. The van der Waals surface area contributed by atoms with Crippen LogP contribution in [0.5, 0.6) is 0 Å². The van der Waals surface area contributed by atoms with Gasteiger partial charge in [-0.25, -0.2) is 0 Å². The number of pyridine rings is 1. The summed E-state index contributed by atoms with van der Waals surface area (Å²) in [6.45, 7) is 4.76. The molecule has 0 unspecified atom stereocenters. The molecule has 154 valence electrons. The summed E-state index contributed by atoms with van der Waals surface area (Å²) in [6.07, 6.45) is 13.4. The summed E-state index contributed by atoms with van der Waals surface area (Å²) < 4.78 is 0. The van der Waals surface area contributed by atoms with Crippen molar-refractivity contribution < 1.29 is 10.3 Å². The minimum absolute atomic E-state index is 0.0631. The van der Waals surface area contributed by atoms with E-state index < -0.39 is 0 Å². The smallest absolute Gasteiger partial charge is 0.0890 e. The number of allylic oxidation sites excluding steroid dienone is 2. The second-order valence-corrected chi connectivity index (χ2v) is 10.2. The Hall–Kier alpha value is -1.94. The first-order chi connectivity index (χ1) is 14.0. The van der Waals surface area contributed by atoms with Crippen LogP contribution in [0.25, 0.3) is 6.08 Å². The lowest BCUT2D eigenvalue weighted by Gasteiger charge is -2.56. The fraction of sp³-hybridized carbons (Fsp3) is 0.600. The Morgan fingerprint density at radius 3 is 2.69 bits per heavy atom. The van der Waals surface area contributed by atoms with Gasteiger partial charge in [0.15, 0.2) is 0 Å². The van der Waals surface area contributed by atoms with Gasteiger partial charge in [0.2, 0.25) is 0 Å². The van der Waals surface area contributed by atoms with E-state index in [2.05, 4.69) is 36.1 Å². The molecule has 4 aliphatic rings. The van der Waals surface area contributed by atoms with Crippen molar-refractivity contribution in [2.24, 2.45) is 33.7 Å². The van der Waals surface area contributed by atoms with Gasteiger partial charge in [-0.3, -0.25) is 4.98 Å². The minimum atomic E-state index is -0.160. The van der Waals surface area contributed by atoms with Crippen molar-refractivity contribution in [3.05, 3.63) is 47.3 Å². The second kappa shape index (κ2) is 6.80. The molecule has 1 aromatic heterocycles. The summed E-state index contributed by atoms with van der Waals surface area (Å²) >= 11 is 0. The fourth-order valence-electron chi connectivity index (χ4n) is 7.28. The number of oxime groups is 1. The van der Waals surface area contributed by atoms with Crippen LogP contribution >= 0.6 is 0 Å². The van der Waals surface area contributed by atoms with Crippen LogP contribution in [-0.4, -0.2) is 27.1 Å². The van der Waals surface area contributed by atoms with E-state index in [-0.39, 0.29) is 16.9 Å². The van der Waals surface area contributed by atoms with Crippen LogP contribution in [0.2, 0.25) is 0 Å². The Morgan fingerprint density at radius 1 is 1.10 bits per heavy atom. The van der Waals surface area contributed by atoms with Gasteiger partial charge in [0.1, 0.15) is 0 Å². The lowest BCUT2D eigenvalue weighted by molar-refractivity contribution is -0.0206. The third kappa shape index (κ3) is 2.83. The van der Waals surface area contributed by atoms with Crippen LogP contribution in [0.3, 0.4) is 0 Å². The van der Waals surface area contributed by atoms with Gasteiger partial charge >= 0.3 is 0 Å². The number of hydrogen-bond donors (Lipinski definition) is 2. The Balaban J connectivity index is 1.51. The minimum Gasteiger partial charge on any atom is -0.411 e. The summed E-state index contributed by atoms with van der Waals surface area (Å²) in [7, 11) is 0. The van der Waals surface area contributed by atoms with Crippen LogP contribution in [0, 0.1) is 28.6 Å². The summed E-state index contributed by atoms with van der Waals surface area (Å²) in [6, 6.07) is 5.94. The van der Waals surface area contributed by atoms with E-state index in [9.17, 15) is 10.3 Å². The van der Waals surface area contributed by atoms with Gasteiger partial charge in [0.25, 0.3) is 0 Å². The van der Waals surface area contributed by atoms with Gasteiger partial charge in [-0.2, -0.15) is 0 Å². The first-order valence-electron chi connectivity index (χ1n) is 11.2. The van der Waals surface area contributed by atoms with Crippen LogP contribution in [0.1, 0.15) is 64.5 Å². The molecule has 5 rings (SSSR count). The molecule has 0 aromatic carbocycles. The molecule has 4 nitrogen and oxygen atoms in total. The summed E-state index contributed by atoms with van der Waals surface area (Å²) in [5, 5.41) is 24.0. The normalized spacial score (nSPS) is 44.2. The van der Waals surface area contributed by atoms with Crippen molar-refractivity contribution in [1.82, 2.24) is 4.98 Å². The molecule has 1 aromatic rings. The lowest BCUT2D eigenvalue weighted by Crippen LogP contribution is -2.50. The quantitative estimate of drug-likeness (QED) is 0.391. The molecule has 0 saturated heterocycles. The number of aromatic nitrogens is 1. The molecule has 0 radical (unpaired) electrons. The Kier molecular flexibility index (Phi) is 4.47. The molecular formula is C25H32N2O2. The molecule has 0 amide bonds. The maximum absolute atomic E-state index is 10.2. The van der Waals surface area contributed by atoms with E-state index in [4.69, 9.17) is 0 Å². The first kappa shape index (κ1) is 19.0. The molecular weight excluding hydrogens is 360 g/mol. The number of nitrogens with zero attached hydrogens (tertiary/aromatic N) is 2. The van der Waals surface area contributed by atoms with E-state index in [1.54, 1.807) is 0 Å². The fourth-order valence-corrected chi connectivity index (χ4v) is 7.28. The van der Waals surface area contributed by atoms with Crippen molar-refractivity contribution in [3.63, 3.8) is 0 Å². The molecule has 3 fully saturated rings. The highest BCUT2D eigenvalue weighted by Crippen LogP contribution is 2.64. The molecule has 0 bridgehead atoms. The van der Waals surface area contributed by atoms with Gasteiger partial charge in [-0.05, 0) is 91.9 Å². The summed E-state index contributed by atoms with van der Waals surface area (Å²) in [5.41, 5.74) is 4.63. The van der Waals surface area contributed by atoms with Crippen molar-refractivity contribution in [3.8, 4) is 0 Å². The lowest BCUT2D eigenvalue weighted by atomic mass is 9.48. The van der Waals surface area contributed by atoms with Gasteiger partial charge in [0.05, 0.1) is 17.5 Å². The zero-order valence-corrected chi connectivity index (χ0v) is 17.5. The average molecular weight is 393 g/mol. The zero-order chi connectivity index (χ0) is 20.2.